The summed E-state index contributed by atoms with van der Waals surface area (Å²) in [6.45, 7) is 2.03. The van der Waals surface area contributed by atoms with Crippen LogP contribution < -0.4 is 10.2 Å². The molecule has 2 rings (SSSR count). The van der Waals surface area contributed by atoms with Crippen molar-refractivity contribution in [3.05, 3.63) is 36.4 Å². The number of aromatic nitrogens is 3. The largest absolute Gasteiger partial charge is 0.357 e. The summed E-state index contributed by atoms with van der Waals surface area (Å²) < 4.78 is 0. The highest BCUT2D eigenvalue weighted by Crippen LogP contribution is 2.22. The molecule has 1 N–H and O–H groups in total. The molecule has 0 unspecified atom stereocenters. The molecule has 0 saturated heterocycles. The second kappa shape index (κ2) is 5.78. The third kappa shape index (κ3) is 3.16. The van der Waals surface area contributed by atoms with Gasteiger partial charge >= 0.3 is 0 Å². The topological polar surface area (TPSA) is 77.7 Å². The number of hydrogen-bond donors (Lipinski definition) is 1. The number of nitrogens with one attached hydrogen (secondary N) is 1. The normalized spacial score (nSPS) is 9.74. The smallest absolute Gasteiger partial charge is 0.138 e. The van der Waals surface area contributed by atoms with Gasteiger partial charge < -0.3 is 10.2 Å². The summed E-state index contributed by atoms with van der Waals surface area (Å²) in [5, 5.41) is 11.5. The van der Waals surface area contributed by atoms with Gasteiger partial charge in [0.05, 0.1) is 18.0 Å². The highest BCUT2D eigenvalue weighted by molar-refractivity contribution is 5.60. The molecule has 0 aliphatic carbocycles. The summed E-state index contributed by atoms with van der Waals surface area (Å²) >= 11 is 0. The number of hydrogen-bond acceptors (Lipinski definition) is 6. The minimum atomic E-state index is 0.215. The maximum atomic E-state index is 8.58. The molecule has 0 aromatic carbocycles. The lowest BCUT2D eigenvalue weighted by Crippen LogP contribution is -2.13. The van der Waals surface area contributed by atoms with E-state index in [0.717, 1.165) is 11.5 Å². The van der Waals surface area contributed by atoms with Crippen LogP contribution in [0.1, 0.15) is 5.82 Å². The monoisotopic (exact) mass is 254 g/mol. The summed E-state index contributed by atoms with van der Waals surface area (Å²) in [5.41, 5.74) is 0.937. The van der Waals surface area contributed by atoms with Gasteiger partial charge in [0, 0.05) is 19.3 Å². The van der Waals surface area contributed by atoms with Crippen LogP contribution in [0.4, 0.5) is 17.3 Å². The van der Waals surface area contributed by atoms with Gasteiger partial charge in [-0.05, 0) is 19.1 Å². The van der Waals surface area contributed by atoms with Crippen LogP contribution in [-0.4, -0.2) is 28.5 Å². The van der Waals surface area contributed by atoms with Crippen molar-refractivity contribution in [1.29, 1.82) is 5.26 Å². The van der Waals surface area contributed by atoms with E-state index in [1.807, 2.05) is 37.1 Å². The summed E-state index contributed by atoms with van der Waals surface area (Å²) in [7, 11) is 1.91. The van der Waals surface area contributed by atoms with Crippen LogP contribution in [0, 0.1) is 18.3 Å². The van der Waals surface area contributed by atoms with Crippen LogP contribution >= 0.6 is 0 Å². The quantitative estimate of drug-likeness (QED) is 0.839. The number of nitrogens with zero attached hydrogens (tertiary/aromatic N) is 5. The molecule has 0 bridgehead atoms. The van der Waals surface area contributed by atoms with E-state index in [9.17, 15) is 0 Å². The SMILES string of the molecule is Cc1nc(NCC#N)cc(N(C)c2cccnc2)n1. The van der Waals surface area contributed by atoms with Gasteiger partial charge in [0.2, 0.25) is 0 Å². The molecule has 6 heteroatoms. The third-order valence-electron chi connectivity index (χ3n) is 2.55. The minimum absolute atomic E-state index is 0.215. The van der Waals surface area contributed by atoms with Crippen molar-refractivity contribution in [2.75, 3.05) is 23.8 Å². The van der Waals surface area contributed by atoms with E-state index in [-0.39, 0.29) is 6.54 Å². The summed E-state index contributed by atoms with van der Waals surface area (Å²) in [6.07, 6.45) is 3.49. The Bertz CT molecular complexity index is 590. The molecule has 19 heavy (non-hydrogen) atoms. The first-order valence-electron chi connectivity index (χ1n) is 5.81. The molecule has 0 radical (unpaired) electrons. The Kier molecular flexibility index (Phi) is 3.88. The van der Waals surface area contributed by atoms with Crippen molar-refractivity contribution in [2.45, 2.75) is 6.92 Å². The molecule has 96 valence electrons. The summed E-state index contributed by atoms with van der Waals surface area (Å²) in [4.78, 5) is 14.6. The number of rotatable bonds is 4. The van der Waals surface area contributed by atoms with Gasteiger partial charge in [-0.15, -0.1) is 0 Å². The molecule has 2 aromatic rings. The summed E-state index contributed by atoms with van der Waals surface area (Å²) in [6, 6.07) is 7.64. The van der Waals surface area contributed by atoms with Crippen molar-refractivity contribution < 1.29 is 0 Å². The Morgan fingerprint density at radius 2 is 2.26 bits per heavy atom. The average molecular weight is 254 g/mol. The number of aryl methyl sites for hydroxylation is 1. The molecule has 0 saturated carbocycles. The molecular weight excluding hydrogens is 240 g/mol. The van der Waals surface area contributed by atoms with Crippen LogP contribution in [0.25, 0.3) is 0 Å². The van der Waals surface area contributed by atoms with Crippen LogP contribution in [0.3, 0.4) is 0 Å². The number of anilines is 3. The predicted octanol–water partition coefficient (Wildman–Crippen LogP) is 1.88. The van der Waals surface area contributed by atoms with Gasteiger partial charge in [-0.25, -0.2) is 9.97 Å². The lowest BCUT2D eigenvalue weighted by atomic mass is 10.3. The second-order valence-corrected chi connectivity index (χ2v) is 3.94. The van der Waals surface area contributed by atoms with Crippen molar-refractivity contribution in [3.8, 4) is 6.07 Å². The van der Waals surface area contributed by atoms with E-state index in [1.54, 1.807) is 18.5 Å². The van der Waals surface area contributed by atoms with E-state index in [1.165, 1.54) is 0 Å². The van der Waals surface area contributed by atoms with Crippen LogP contribution in [0.5, 0.6) is 0 Å². The first-order chi connectivity index (χ1) is 9.20. The molecule has 0 aliphatic heterocycles. The van der Waals surface area contributed by atoms with Gasteiger partial charge in [0.15, 0.2) is 0 Å². The van der Waals surface area contributed by atoms with Crippen LogP contribution in [-0.2, 0) is 0 Å². The lowest BCUT2D eigenvalue weighted by molar-refractivity contribution is 1.01. The molecule has 0 fully saturated rings. The van der Waals surface area contributed by atoms with Gasteiger partial charge in [-0.2, -0.15) is 5.26 Å². The molecule has 2 aromatic heterocycles. The van der Waals surface area contributed by atoms with E-state index in [4.69, 9.17) is 5.26 Å². The first kappa shape index (κ1) is 12.8. The average Bonchev–Trinajstić information content (AvgIpc) is 2.44. The fourth-order valence-electron chi connectivity index (χ4n) is 1.63. The lowest BCUT2D eigenvalue weighted by Gasteiger charge is -2.18. The van der Waals surface area contributed by atoms with Gasteiger partial charge in [0.1, 0.15) is 24.0 Å². The molecule has 0 aliphatic rings. The Hall–Kier alpha value is -2.68. The van der Waals surface area contributed by atoms with E-state index >= 15 is 0 Å². The van der Waals surface area contributed by atoms with Gasteiger partial charge in [-0.3, -0.25) is 4.98 Å². The van der Waals surface area contributed by atoms with Crippen molar-refractivity contribution >= 4 is 17.3 Å². The number of pyridine rings is 1. The highest BCUT2D eigenvalue weighted by atomic mass is 15.2. The van der Waals surface area contributed by atoms with Gasteiger partial charge in [0.25, 0.3) is 0 Å². The standard InChI is InChI=1S/C13H14N6/c1-10-17-12(16-7-5-14)8-13(18-10)19(2)11-4-3-6-15-9-11/h3-4,6,8-9H,7H2,1-2H3,(H,16,17,18). The maximum Gasteiger partial charge on any atom is 0.138 e. The number of nitriles is 1. The molecule has 2 heterocycles. The zero-order valence-corrected chi connectivity index (χ0v) is 10.8. The van der Waals surface area contributed by atoms with Crippen molar-refractivity contribution in [1.82, 2.24) is 15.0 Å². The van der Waals surface area contributed by atoms with Crippen LogP contribution in [0.2, 0.25) is 0 Å². The highest BCUT2D eigenvalue weighted by Gasteiger charge is 2.08. The minimum Gasteiger partial charge on any atom is -0.357 e. The van der Waals surface area contributed by atoms with Crippen molar-refractivity contribution in [3.63, 3.8) is 0 Å². The predicted molar refractivity (Wildman–Crippen MR) is 73.2 cm³/mol. The third-order valence-corrected chi connectivity index (χ3v) is 2.55. The van der Waals surface area contributed by atoms with E-state index < -0.39 is 0 Å². The molecule has 0 amide bonds. The fourth-order valence-corrected chi connectivity index (χ4v) is 1.63. The Morgan fingerprint density at radius 1 is 1.42 bits per heavy atom. The Labute approximate surface area is 111 Å². The second-order valence-electron chi connectivity index (χ2n) is 3.94. The van der Waals surface area contributed by atoms with E-state index in [0.29, 0.717) is 11.6 Å². The van der Waals surface area contributed by atoms with E-state index in [2.05, 4.69) is 20.3 Å². The van der Waals surface area contributed by atoms with Crippen LogP contribution in [0.15, 0.2) is 30.6 Å². The molecular formula is C13H14N6. The fraction of sp³-hybridized carbons (Fsp3) is 0.231. The van der Waals surface area contributed by atoms with Gasteiger partial charge in [-0.1, -0.05) is 0 Å². The Balaban J connectivity index is 2.29. The zero-order valence-electron chi connectivity index (χ0n) is 10.8. The summed E-state index contributed by atoms with van der Waals surface area (Å²) in [5.74, 6) is 2.04. The zero-order chi connectivity index (χ0) is 13.7. The van der Waals surface area contributed by atoms with Crippen molar-refractivity contribution in [2.24, 2.45) is 0 Å². The Morgan fingerprint density at radius 3 is 2.95 bits per heavy atom. The first-order valence-corrected chi connectivity index (χ1v) is 5.81. The molecule has 6 nitrogen and oxygen atoms in total. The molecule has 0 spiro atoms. The molecule has 0 atom stereocenters. The maximum absolute atomic E-state index is 8.58.